The van der Waals surface area contributed by atoms with Gasteiger partial charge in [-0.1, -0.05) is 25.2 Å². The van der Waals surface area contributed by atoms with E-state index in [-0.39, 0.29) is 5.91 Å². The fourth-order valence-electron chi connectivity index (χ4n) is 2.07. The summed E-state index contributed by atoms with van der Waals surface area (Å²) in [6.07, 6.45) is 2.12. The minimum atomic E-state index is 0.0900. The van der Waals surface area contributed by atoms with Crippen LogP contribution in [-0.2, 0) is 0 Å². The third-order valence-electron chi connectivity index (χ3n) is 3.41. The third kappa shape index (κ3) is 2.60. The molecule has 2 heterocycles. The molecular weight excluding hydrogens is 234 g/mol. The topological polar surface area (TPSA) is 59.2 Å². The fourth-order valence-corrected chi connectivity index (χ4v) is 2.88. The van der Waals surface area contributed by atoms with E-state index in [4.69, 9.17) is 5.73 Å². The monoisotopic (exact) mass is 253 g/mol. The van der Waals surface area contributed by atoms with Gasteiger partial charge in [-0.3, -0.25) is 4.79 Å². The zero-order valence-electron chi connectivity index (χ0n) is 10.6. The highest BCUT2D eigenvalue weighted by Crippen LogP contribution is 2.31. The van der Waals surface area contributed by atoms with Gasteiger partial charge in [-0.05, 0) is 25.2 Å². The lowest BCUT2D eigenvalue weighted by Crippen LogP contribution is -2.41. The molecule has 0 bridgehead atoms. The molecule has 4 nitrogen and oxygen atoms in total. The third-order valence-corrected chi connectivity index (χ3v) is 4.39. The van der Waals surface area contributed by atoms with Crippen molar-refractivity contribution in [3.8, 4) is 0 Å². The predicted molar refractivity (Wildman–Crippen MR) is 70.2 cm³/mol. The van der Waals surface area contributed by atoms with Crippen LogP contribution in [0.2, 0.25) is 0 Å². The van der Waals surface area contributed by atoms with Gasteiger partial charge in [0.25, 0.3) is 5.91 Å². The van der Waals surface area contributed by atoms with Gasteiger partial charge in [0, 0.05) is 13.1 Å². The highest BCUT2D eigenvalue weighted by molar-refractivity contribution is 7.17. The number of anilines is 1. The van der Waals surface area contributed by atoms with E-state index in [1.165, 1.54) is 11.3 Å². The maximum atomic E-state index is 12.3. The molecule has 0 aromatic carbocycles. The number of rotatable bonds is 1. The van der Waals surface area contributed by atoms with Gasteiger partial charge >= 0.3 is 0 Å². The Balaban J connectivity index is 2.09. The molecule has 1 aliphatic rings. The van der Waals surface area contributed by atoms with E-state index in [0.29, 0.717) is 15.4 Å². The molecule has 17 heavy (non-hydrogen) atoms. The molecule has 0 radical (unpaired) electrons. The van der Waals surface area contributed by atoms with Crippen LogP contribution in [0.3, 0.4) is 0 Å². The molecule has 0 spiro atoms. The lowest BCUT2D eigenvalue weighted by atomic mass is 9.82. The molecule has 1 aromatic rings. The summed E-state index contributed by atoms with van der Waals surface area (Å²) in [5, 5.41) is 0.475. The van der Waals surface area contributed by atoms with Crippen molar-refractivity contribution in [2.45, 2.75) is 33.6 Å². The number of aromatic nitrogens is 1. The van der Waals surface area contributed by atoms with Crippen LogP contribution in [0.4, 0.5) is 5.13 Å². The molecule has 0 atom stereocenters. The number of nitrogens with zero attached hydrogens (tertiary/aromatic N) is 2. The van der Waals surface area contributed by atoms with Crippen LogP contribution < -0.4 is 5.73 Å². The Labute approximate surface area is 106 Å². The van der Waals surface area contributed by atoms with Crippen LogP contribution in [0.1, 0.15) is 42.1 Å². The number of amides is 1. The first-order chi connectivity index (χ1) is 7.89. The molecule has 1 aliphatic heterocycles. The van der Waals surface area contributed by atoms with Gasteiger partial charge in [0.1, 0.15) is 4.88 Å². The first-order valence-corrected chi connectivity index (χ1v) is 6.73. The van der Waals surface area contributed by atoms with E-state index in [1.54, 1.807) is 0 Å². The Morgan fingerprint density at radius 3 is 2.47 bits per heavy atom. The number of hydrogen-bond acceptors (Lipinski definition) is 4. The molecule has 1 fully saturated rings. The first kappa shape index (κ1) is 12.4. The van der Waals surface area contributed by atoms with Crippen LogP contribution >= 0.6 is 11.3 Å². The Hall–Kier alpha value is -1.10. The molecule has 5 heteroatoms. The van der Waals surface area contributed by atoms with Crippen LogP contribution in [-0.4, -0.2) is 28.9 Å². The van der Waals surface area contributed by atoms with Crippen molar-refractivity contribution in [3.63, 3.8) is 0 Å². The number of piperidine rings is 1. The SMILES string of the molecule is Cc1nc(N)sc1C(=O)N1CCC(C)(C)CC1. The minimum absolute atomic E-state index is 0.0900. The molecule has 0 unspecified atom stereocenters. The molecular formula is C12H19N3OS. The van der Waals surface area contributed by atoms with Crippen molar-refractivity contribution < 1.29 is 4.79 Å². The van der Waals surface area contributed by atoms with Gasteiger partial charge in [-0.2, -0.15) is 0 Å². The van der Waals surface area contributed by atoms with Crippen molar-refractivity contribution in [1.29, 1.82) is 0 Å². The second-order valence-corrected chi connectivity index (χ2v) is 6.45. The summed E-state index contributed by atoms with van der Waals surface area (Å²) in [6, 6.07) is 0. The minimum Gasteiger partial charge on any atom is -0.375 e. The summed E-state index contributed by atoms with van der Waals surface area (Å²) in [6.45, 7) is 8.02. The molecule has 94 valence electrons. The number of thiazole rings is 1. The lowest BCUT2D eigenvalue weighted by Gasteiger charge is -2.36. The quantitative estimate of drug-likeness (QED) is 0.835. The second-order valence-electron chi connectivity index (χ2n) is 5.42. The van der Waals surface area contributed by atoms with Crippen LogP contribution in [0.5, 0.6) is 0 Å². The molecule has 2 rings (SSSR count). The summed E-state index contributed by atoms with van der Waals surface area (Å²) in [7, 11) is 0. The number of hydrogen-bond donors (Lipinski definition) is 1. The number of carbonyl (C=O) groups is 1. The fraction of sp³-hybridized carbons (Fsp3) is 0.667. The second kappa shape index (κ2) is 4.29. The highest BCUT2D eigenvalue weighted by Gasteiger charge is 2.29. The molecule has 1 aromatic heterocycles. The highest BCUT2D eigenvalue weighted by atomic mass is 32.1. The Morgan fingerprint density at radius 2 is 2.00 bits per heavy atom. The zero-order chi connectivity index (χ0) is 12.6. The lowest BCUT2D eigenvalue weighted by molar-refractivity contribution is 0.0634. The Kier molecular flexibility index (Phi) is 3.12. The number of likely N-dealkylation sites (tertiary alicyclic amines) is 1. The van der Waals surface area contributed by atoms with Gasteiger partial charge in [-0.15, -0.1) is 0 Å². The Morgan fingerprint density at radius 1 is 1.41 bits per heavy atom. The first-order valence-electron chi connectivity index (χ1n) is 5.91. The van der Waals surface area contributed by atoms with Crippen molar-refractivity contribution in [3.05, 3.63) is 10.6 Å². The zero-order valence-corrected chi connectivity index (χ0v) is 11.4. The van der Waals surface area contributed by atoms with E-state index in [2.05, 4.69) is 18.8 Å². The van der Waals surface area contributed by atoms with Crippen molar-refractivity contribution in [2.75, 3.05) is 18.8 Å². The molecule has 1 saturated heterocycles. The summed E-state index contributed by atoms with van der Waals surface area (Å²) >= 11 is 1.29. The van der Waals surface area contributed by atoms with Crippen LogP contribution in [0.25, 0.3) is 0 Å². The number of nitrogens with two attached hydrogens (primary N) is 1. The van der Waals surface area contributed by atoms with Gasteiger partial charge in [0.05, 0.1) is 5.69 Å². The number of aryl methyl sites for hydroxylation is 1. The summed E-state index contributed by atoms with van der Waals surface area (Å²) < 4.78 is 0. The average Bonchev–Trinajstić information content (AvgIpc) is 2.57. The summed E-state index contributed by atoms with van der Waals surface area (Å²) in [5.41, 5.74) is 6.74. The van der Waals surface area contributed by atoms with Crippen molar-refractivity contribution in [2.24, 2.45) is 5.41 Å². The molecule has 0 saturated carbocycles. The molecule has 2 N–H and O–H groups in total. The number of nitrogen functional groups attached to an aromatic ring is 1. The van der Waals surface area contributed by atoms with Crippen molar-refractivity contribution >= 4 is 22.4 Å². The smallest absolute Gasteiger partial charge is 0.265 e. The van der Waals surface area contributed by atoms with E-state index >= 15 is 0 Å². The molecule has 0 aliphatic carbocycles. The van der Waals surface area contributed by atoms with Gasteiger partial charge in [0.15, 0.2) is 5.13 Å². The summed E-state index contributed by atoms with van der Waals surface area (Å²) in [4.78, 5) is 19.0. The van der Waals surface area contributed by atoms with Gasteiger partial charge < -0.3 is 10.6 Å². The van der Waals surface area contributed by atoms with Crippen molar-refractivity contribution in [1.82, 2.24) is 9.88 Å². The summed E-state index contributed by atoms with van der Waals surface area (Å²) in [5.74, 6) is 0.0900. The van der Waals surface area contributed by atoms with E-state index in [1.807, 2.05) is 11.8 Å². The maximum Gasteiger partial charge on any atom is 0.265 e. The average molecular weight is 253 g/mol. The number of carbonyl (C=O) groups excluding carboxylic acids is 1. The van der Waals surface area contributed by atoms with Crippen LogP contribution in [0.15, 0.2) is 0 Å². The van der Waals surface area contributed by atoms with E-state index in [9.17, 15) is 4.79 Å². The molecule has 1 amide bonds. The largest absolute Gasteiger partial charge is 0.375 e. The Bertz CT molecular complexity index is 429. The normalized spacial score (nSPS) is 19.4. The van der Waals surface area contributed by atoms with E-state index in [0.717, 1.165) is 31.6 Å². The van der Waals surface area contributed by atoms with Gasteiger partial charge in [0.2, 0.25) is 0 Å². The van der Waals surface area contributed by atoms with Gasteiger partial charge in [-0.25, -0.2) is 4.98 Å². The standard InChI is InChI=1S/C12H19N3OS/c1-8-9(17-11(13)14-8)10(16)15-6-4-12(2,3)5-7-15/h4-7H2,1-3H3,(H2,13,14). The van der Waals surface area contributed by atoms with E-state index < -0.39 is 0 Å². The maximum absolute atomic E-state index is 12.3. The predicted octanol–water partition coefficient (Wildman–Crippen LogP) is 2.30. The van der Waals surface area contributed by atoms with Crippen LogP contribution in [0, 0.1) is 12.3 Å².